The number of anilines is 1. The van der Waals surface area contributed by atoms with Crippen molar-refractivity contribution >= 4 is 11.9 Å². The van der Waals surface area contributed by atoms with Gasteiger partial charge in [0.1, 0.15) is 5.82 Å². The largest absolute Gasteiger partial charge is 0.354 e. The van der Waals surface area contributed by atoms with Crippen molar-refractivity contribution < 1.29 is 0 Å². The van der Waals surface area contributed by atoms with Crippen LogP contribution in [0.25, 0.3) is 6.08 Å². The second-order valence-corrected chi connectivity index (χ2v) is 6.82. The van der Waals surface area contributed by atoms with Crippen LogP contribution < -0.4 is 10.2 Å². The highest BCUT2D eigenvalue weighted by molar-refractivity contribution is 5.52. The Morgan fingerprint density at radius 2 is 1.84 bits per heavy atom. The topological polar surface area (TPSA) is 31.4 Å². The first-order chi connectivity index (χ1) is 12.2. The van der Waals surface area contributed by atoms with Crippen LogP contribution >= 0.6 is 0 Å². The van der Waals surface area contributed by atoms with E-state index in [2.05, 4.69) is 76.5 Å². The van der Waals surface area contributed by atoms with Gasteiger partial charge in [0.25, 0.3) is 0 Å². The molecule has 1 aromatic carbocycles. The zero-order valence-electron chi connectivity index (χ0n) is 15.3. The van der Waals surface area contributed by atoms with E-state index in [0.29, 0.717) is 0 Å². The molecule has 1 aliphatic heterocycles. The molecule has 0 saturated carbocycles. The van der Waals surface area contributed by atoms with E-state index in [9.17, 15) is 0 Å². The average molecular weight is 336 g/mol. The fraction of sp³-hybridized carbons (Fsp3) is 0.381. The van der Waals surface area contributed by atoms with Gasteiger partial charge in [-0.25, -0.2) is 4.98 Å². The summed E-state index contributed by atoms with van der Waals surface area (Å²) >= 11 is 0. The summed E-state index contributed by atoms with van der Waals surface area (Å²) in [6.07, 6.45) is 4.22. The number of nitrogens with zero attached hydrogens (tertiary/aromatic N) is 3. The van der Waals surface area contributed by atoms with Crippen molar-refractivity contribution in [2.45, 2.75) is 13.5 Å². The van der Waals surface area contributed by atoms with Gasteiger partial charge in [-0.15, -0.1) is 0 Å². The summed E-state index contributed by atoms with van der Waals surface area (Å²) in [4.78, 5) is 9.37. The van der Waals surface area contributed by atoms with Gasteiger partial charge in [-0.3, -0.25) is 0 Å². The summed E-state index contributed by atoms with van der Waals surface area (Å²) in [5, 5.41) is 3.50. The highest BCUT2D eigenvalue weighted by Gasteiger charge is 2.14. The molecule has 2 aromatic rings. The van der Waals surface area contributed by atoms with Crippen molar-refractivity contribution in [3.63, 3.8) is 0 Å². The maximum absolute atomic E-state index is 4.65. The third kappa shape index (κ3) is 5.41. The Labute approximate surface area is 151 Å². The van der Waals surface area contributed by atoms with E-state index >= 15 is 0 Å². The lowest BCUT2D eigenvalue weighted by molar-refractivity contribution is 0.312. The third-order valence-electron chi connectivity index (χ3n) is 4.58. The van der Waals surface area contributed by atoms with Crippen LogP contribution in [0.15, 0.2) is 54.2 Å². The zero-order chi connectivity index (χ0) is 17.5. The van der Waals surface area contributed by atoms with Gasteiger partial charge in [-0.2, -0.15) is 0 Å². The van der Waals surface area contributed by atoms with Crippen molar-refractivity contribution in [2.75, 3.05) is 44.7 Å². The molecule has 25 heavy (non-hydrogen) atoms. The number of piperazine rings is 1. The normalized spacial score (nSPS) is 16.2. The van der Waals surface area contributed by atoms with Crippen LogP contribution in [-0.2, 0) is 6.54 Å². The summed E-state index contributed by atoms with van der Waals surface area (Å²) in [6.45, 7) is 8.23. The Morgan fingerprint density at radius 3 is 2.52 bits per heavy atom. The minimum absolute atomic E-state index is 0.843. The van der Waals surface area contributed by atoms with E-state index in [4.69, 9.17) is 0 Å². The van der Waals surface area contributed by atoms with Crippen molar-refractivity contribution in [1.29, 1.82) is 0 Å². The molecule has 0 spiro atoms. The molecule has 0 unspecified atom stereocenters. The maximum atomic E-state index is 4.65. The average Bonchev–Trinajstić information content (AvgIpc) is 2.64. The third-order valence-corrected chi connectivity index (χ3v) is 4.58. The van der Waals surface area contributed by atoms with Gasteiger partial charge in [-0.05, 0) is 31.2 Å². The van der Waals surface area contributed by atoms with Crippen molar-refractivity contribution in [3.8, 4) is 0 Å². The molecule has 1 fully saturated rings. The SMILES string of the molecule is C/C(=C\c1ccccc1)CNCc1ccc(N2CCN(C)CC2)nc1. The number of pyridine rings is 1. The van der Waals surface area contributed by atoms with E-state index < -0.39 is 0 Å². The van der Waals surface area contributed by atoms with E-state index in [1.165, 1.54) is 16.7 Å². The van der Waals surface area contributed by atoms with Crippen LogP contribution in [0.5, 0.6) is 0 Å². The second kappa shape index (κ2) is 8.79. The van der Waals surface area contributed by atoms with Crippen molar-refractivity contribution in [1.82, 2.24) is 15.2 Å². The molecular weight excluding hydrogens is 308 g/mol. The summed E-state index contributed by atoms with van der Waals surface area (Å²) in [6, 6.07) is 14.8. The maximum Gasteiger partial charge on any atom is 0.128 e. The Bertz CT molecular complexity index is 671. The number of aromatic nitrogens is 1. The fourth-order valence-electron chi connectivity index (χ4n) is 3.03. The van der Waals surface area contributed by atoms with Gasteiger partial charge < -0.3 is 15.1 Å². The number of rotatable bonds is 6. The summed E-state index contributed by atoms with van der Waals surface area (Å²) in [5.41, 5.74) is 3.80. The monoisotopic (exact) mass is 336 g/mol. The first kappa shape index (κ1) is 17.6. The lowest BCUT2D eigenvalue weighted by Crippen LogP contribution is -2.44. The number of nitrogens with one attached hydrogen (secondary N) is 1. The van der Waals surface area contributed by atoms with Gasteiger partial charge in [0.15, 0.2) is 0 Å². The first-order valence-corrected chi connectivity index (χ1v) is 9.02. The molecule has 0 bridgehead atoms. The molecule has 1 N–H and O–H groups in total. The van der Waals surface area contributed by atoms with Crippen LogP contribution in [0.1, 0.15) is 18.1 Å². The van der Waals surface area contributed by atoms with Crippen LogP contribution in [0.2, 0.25) is 0 Å². The van der Waals surface area contributed by atoms with Crippen molar-refractivity contribution in [2.24, 2.45) is 0 Å². The smallest absolute Gasteiger partial charge is 0.128 e. The Balaban J connectivity index is 1.46. The number of hydrogen-bond acceptors (Lipinski definition) is 4. The predicted octanol–water partition coefficient (Wildman–Crippen LogP) is 3.03. The Morgan fingerprint density at radius 1 is 1.08 bits per heavy atom. The van der Waals surface area contributed by atoms with Gasteiger partial charge in [0.2, 0.25) is 0 Å². The lowest BCUT2D eigenvalue weighted by atomic mass is 10.1. The standard InChI is InChI=1S/C21H28N4/c1-18(14-19-6-4-3-5-7-19)15-22-16-20-8-9-21(23-17-20)25-12-10-24(2)11-13-25/h3-9,14,17,22H,10-13,15-16H2,1-2H3/b18-14+. The summed E-state index contributed by atoms with van der Waals surface area (Å²) in [7, 11) is 2.17. The van der Waals surface area contributed by atoms with Gasteiger partial charge in [0, 0.05) is 45.5 Å². The summed E-state index contributed by atoms with van der Waals surface area (Å²) in [5.74, 6) is 1.09. The highest BCUT2D eigenvalue weighted by atomic mass is 15.3. The van der Waals surface area contributed by atoms with Gasteiger partial charge >= 0.3 is 0 Å². The zero-order valence-corrected chi connectivity index (χ0v) is 15.3. The molecule has 1 aromatic heterocycles. The van der Waals surface area contributed by atoms with E-state index in [-0.39, 0.29) is 0 Å². The molecule has 132 valence electrons. The van der Waals surface area contributed by atoms with E-state index in [0.717, 1.165) is 45.1 Å². The van der Waals surface area contributed by atoms with Crippen LogP contribution in [0.4, 0.5) is 5.82 Å². The molecule has 0 aliphatic carbocycles. The van der Waals surface area contributed by atoms with Crippen LogP contribution in [0, 0.1) is 0 Å². The first-order valence-electron chi connectivity index (χ1n) is 9.02. The van der Waals surface area contributed by atoms with Crippen molar-refractivity contribution in [3.05, 3.63) is 65.4 Å². The Kier molecular flexibility index (Phi) is 6.20. The number of benzene rings is 1. The van der Waals surface area contributed by atoms with Gasteiger partial charge in [0.05, 0.1) is 0 Å². The van der Waals surface area contributed by atoms with Crippen LogP contribution in [0.3, 0.4) is 0 Å². The molecule has 2 heterocycles. The molecule has 0 amide bonds. The quantitative estimate of drug-likeness (QED) is 0.879. The minimum Gasteiger partial charge on any atom is -0.354 e. The molecule has 0 atom stereocenters. The number of likely N-dealkylation sites (N-methyl/N-ethyl adjacent to an activating group) is 1. The predicted molar refractivity (Wildman–Crippen MR) is 106 cm³/mol. The molecule has 4 heteroatoms. The lowest BCUT2D eigenvalue weighted by Gasteiger charge is -2.33. The minimum atomic E-state index is 0.843. The molecule has 1 saturated heterocycles. The Hall–Kier alpha value is -2.17. The number of hydrogen-bond donors (Lipinski definition) is 1. The van der Waals surface area contributed by atoms with E-state index in [1.807, 2.05) is 12.3 Å². The molecule has 3 rings (SSSR count). The molecular formula is C21H28N4. The van der Waals surface area contributed by atoms with Gasteiger partial charge in [-0.1, -0.05) is 48.0 Å². The molecule has 1 aliphatic rings. The van der Waals surface area contributed by atoms with E-state index in [1.54, 1.807) is 0 Å². The summed E-state index contributed by atoms with van der Waals surface area (Å²) < 4.78 is 0. The second-order valence-electron chi connectivity index (χ2n) is 6.82. The van der Waals surface area contributed by atoms with Crippen LogP contribution in [-0.4, -0.2) is 49.7 Å². The molecule has 0 radical (unpaired) electrons. The highest BCUT2D eigenvalue weighted by Crippen LogP contribution is 2.13. The molecule has 4 nitrogen and oxygen atoms in total. The fourth-order valence-corrected chi connectivity index (χ4v) is 3.03.